The van der Waals surface area contributed by atoms with Crippen molar-refractivity contribution in [1.29, 1.82) is 0 Å². The Morgan fingerprint density at radius 2 is 2.42 bits per heavy atom. The van der Waals surface area contributed by atoms with Gasteiger partial charge in [-0.05, 0) is 27.6 Å². The molecule has 2 heterocycles. The van der Waals surface area contributed by atoms with Gasteiger partial charge in [0.05, 0.1) is 0 Å². The maximum Gasteiger partial charge on any atom is 0.108 e. The van der Waals surface area contributed by atoms with Crippen molar-refractivity contribution in [2.75, 3.05) is 0 Å². The second kappa shape index (κ2) is 2.88. The van der Waals surface area contributed by atoms with Gasteiger partial charge in [-0.2, -0.15) is 0 Å². The van der Waals surface area contributed by atoms with E-state index in [-0.39, 0.29) is 0 Å². The van der Waals surface area contributed by atoms with Crippen molar-refractivity contribution in [2.45, 2.75) is 6.54 Å². The number of rotatable bonds is 1. The predicted molar refractivity (Wildman–Crippen MR) is 51.7 cm³/mol. The molecule has 0 amide bonds. The molecule has 12 heavy (non-hydrogen) atoms. The quantitative estimate of drug-likeness (QED) is 0.728. The first-order valence-corrected chi connectivity index (χ1v) is 4.42. The fraction of sp³-hybridized carbons (Fsp3) is 0.125. The topological polar surface area (TPSA) is 54.7 Å². The number of aromatic nitrogens is 2. The minimum Gasteiger partial charge on any atom is -0.361 e. The van der Waals surface area contributed by atoms with Crippen LogP contribution in [0.5, 0.6) is 0 Å². The molecule has 0 aliphatic rings. The molecule has 0 aromatic carbocycles. The summed E-state index contributed by atoms with van der Waals surface area (Å²) in [6, 6.07) is 1.94. The number of hydrogen-bond acceptors (Lipinski definition) is 2. The molecule has 0 bridgehead atoms. The average Bonchev–Trinajstić information content (AvgIpc) is 2.46. The lowest BCUT2D eigenvalue weighted by Gasteiger charge is -1.93. The van der Waals surface area contributed by atoms with Crippen LogP contribution in [-0.2, 0) is 6.54 Å². The number of nitrogens with two attached hydrogens (primary N) is 1. The summed E-state index contributed by atoms with van der Waals surface area (Å²) in [6.45, 7) is 0.545. The van der Waals surface area contributed by atoms with Gasteiger partial charge in [0.25, 0.3) is 0 Å². The van der Waals surface area contributed by atoms with Crippen LogP contribution < -0.4 is 5.73 Å². The molecule has 62 valence electrons. The van der Waals surface area contributed by atoms with E-state index in [4.69, 9.17) is 5.73 Å². The maximum atomic E-state index is 5.54. The van der Waals surface area contributed by atoms with E-state index in [2.05, 4.69) is 25.9 Å². The molecule has 0 radical (unpaired) electrons. The van der Waals surface area contributed by atoms with E-state index >= 15 is 0 Å². The lowest BCUT2D eigenvalue weighted by Crippen LogP contribution is -1.94. The molecule has 2 rings (SSSR count). The first kappa shape index (κ1) is 7.76. The van der Waals surface area contributed by atoms with Crippen molar-refractivity contribution in [3.63, 3.8) is 0 Å². The van der Waals surface area contributed by atoms with E-state index in [0.717, 1.165) is 21.1 Å². The number of halogens is 1. The summed E-state index contributed by atoms with van der Waals surface area (Å²) in [4.78, 5) is 7.26. The lowest BCUT2D eigenvalue weighted by atomic mass is 10.2. The fourth-order valence-corrected chi connectivity index (χ4v) is 1.55. The Balaban J connectivity index is 2.73. The summed E-state index contributed by atoms with van der Waals surface area (Å²) in [5.74, 6) is 0. The molecule has 2 aromatic heterocycles. The number of fused-ring (bicyclic) bond motifs is 1. The number of nitrogens with zero attached hydrogens (tertiary/aromatic N) is 1. The average molecular weight is 226 g/mol. The molecule has 0 atom stereocenters. The largest absolute Gasteiger partial charge is 0.361 e. The van der Waals surface area contributed by atoms with Gasteiger partial charge in [-0.3, -0.25) is 0 Å². The molecule has 0 spiro atoms. The molecular weight excluding hydrogens is 218 g/mol. The van der Waals surface area contributed by atoms with Gasteiger partial charge < -0.3 is 10.7 Å². The van der Waals surface area contributed by atoms with E-state index in [1.165, 1.54) is 0 Å². The Bertz CT molecular complexity index is 408. The molecule has 3 nitrogen and oxygen atoms in total. The van der Waals surface area contributed by atoms with Gasteiger partial charge in [0.1, 0.15) is 4.60 Å². The number of nitrogens with one attached hydrogen (secondary N) is 1. The maximum absolute atomic E-state index is 5.54. The van der Waals surface area contributed by atoms with Crippen molar-refractivity contribution in [2.24, 2.45) is 5.73 Å². The van der Waals surface area contributed by atoms with Crippen molar-refractivity contribution in [1.82, 2.24) is 9.97 Å². The predicted octanol–water partition coefficient (Wildman–Crippen LogP) is 1.78. The Hall–Kier alpha value is -0.870. The highest BCUT2D eigenvalue weighted by Gasteiger charge is 2.01. The molecule has 0 saturated heterocycles. The molecule has 0 unspecified atom stereocenters. The number of hydrogen-bond donors (Lipinski definition) is 2. The normalized spacial score (nSPS) is 10.8. The molecule has 0 saturated carbocycles. The van der Waals surface area contributed by atoms with Crippen molar-refractivity contribution in [3.05, 3.63) is 28.6 Å². The van der Waals surface area contributed by atoms with E-state index in [0.29, 0.717) is 6.54 Å². The first-order valence-electron chi connectivity index (χ1n) is 3.63. The molecular formula is C8H8BrN3. The smallest absolute Gasteiger partial charge is 0.108 e. The SMILES string of the molecule is NCc1c[nH]c2cc(Br)ncc12. The molecule has 4 heteroatoms. The monoisotopic (exact) mass is 225 g/mol. The third kappa shape index (κ3) is 1.13. The van der Waals surface area contributed by atoms with Gasteiger partial charge in [-0.1, -0.05) is 0 Å². The van der Waals surface area contributed by atoms with Gasteiger partial charge in [0, 0.05) is 29.8 Å². The first-order chi connectivity index (χ1) is 5.81. The number of H-pyrrole nitrogens is 1. The minimum absolute atomic E-state index is 0.545. The second-order valence-corrected chi connectivity index (χ2v) is 3.38. The van der Waals surface area contributed by atoms with Crippen molar-refractivity contribution >= 4 is 26.8 Å². The highest BCUT2D eigenvalue weighted by molar-refractivity contribution is 9.10. The molecule has 0 fully saturated rings. The molecule has 0 aliphatic heterocycles. The summed E-state index contributed by atoms with van der Waals surface area (Å²) in [5.41, 5.74) is 7.71. The lowest BCUT2D eigenvalue weighted by molar-refractivity contribution is 1.08. The summed E-state index contributed by atoms with van der Waals surface area (Å²) >= 11 is 3.30. The van der Waals surface area contributed by atoms with Crippen molar-refractivity contribution < 1.29 is 0 Å². The van der Waals surface area contributed by atoms with Crippen LogP contribution in [0.1, 0.15) is 5.56 Å². The summed E-state index contributed by atoms with van der Waals surface area (Å²) in [6.07, 6.45) is 3.73. The van der Waals surface area contributed by atoms with Crippen molar-refractivity contribution in [3.8, 4) is 0 Å². The third-order valence-corrected chi connectivity index (χ3v) is 2.27. The Morgan fingerprint density at radius 1 is 1.58 bits per heavy atom. The van der Waals surface area contributed by atoms with E-state index in [9.17, 15) is 0 Å². The zero-order chi connectivity index (χ0) is 8.55. The van der Waals surface area contributed by atoms with Gasteiger partial charge >= 0.3 is 0 Å². The van der Waals surface area contributed by atoms with Crippen LogP contribution in [0.3, 0.4) is 0 Å². The van der Waals surface area contributed by atoms with Gasteiger partial charge in [-0.15, -0.1) is 0 Å². The van der Waals surface area contributed by atoms with Crippen LogP contribution in [0, 0.1) is 0 Å². The van der Waals surface area contributed by atoms with Crippen LogP contribution in [0.15, 0.2) is 23.1 Å². The highest BCUT2D eigenvalue weighted by atomic mass is 79.9. The standard InChI is InChI=1S/C8H8BrN3/c9-8-1-7-6(4-12-8)5(2-10)3-11-7/h1,3-4,11H,2,10H2. The Kier molecular flexibility index (Phi) is 1.86. The molecule has 0 aliphatic carbocycles. The summed E-state index contributed by atoms with van der Waals surface area (Å²) in [5, 5.41) is 1.10. The second-order valence-electron chi connectivity index (χ2n) is 2.57. The Morgan fingerprint density at radius 3 is 3.17 bits per heavy atom. The van der Waals surface area contributed by atoms with Crippen LogP contribution in [-0.4, -0.2) is 9.97 Å². The van der Waals surface area contributed by atoms with Gasteiger partial charge in [-0.25, -0.2) is 4.98 Å². The van der Waals surface area contributed by atoms with Crippen LogP contribution >= 0.6 is 15.9 Å². The van der Waals surface area contributed by atoms with E-state index < -0.39 is 0 Å². The minimum atomic E-state index is 0.545. The van der Waals surface area contributed by atoms with Crippen LogP contribution in [0.2, 0.25) is 0 Å². The van der Waals surface area contributed by atoms with Gasteiger partial charge in [0.2, 0.25) is 0 Å². The van der Waals surface area contributed by atoms with Crippen LogP contribution in [0.4, 0.5) is 0 Å². The Labute approximate surface area is 78.1 Å². The highest BCUT2D eigenvalue weighted by Crippen LogP contribution is 2.19. The van der Waals surface area contributed by atoms with Crippen LogP contribution in [0.25, 0.3) is 10.9 Å². The molecule has 3 N–H and O–H groups in total. The summed E-state index contributed by atoms with van der Waals surface area (Å²) < 4.78 is 0.834. The zero-order valence-electron chi connectivity index (χ0n) is 6.34. The van der Waals surface area contributed by atoms with E-state index in [1.807, 2.05) is 18.5 Å². The number of aromatic amines is 1. The summed E-state index contributed by atoms with van der Waals surface area (Å²) in [7, 11) is 0. The third-order valence-electron chi connectivity index (χ3n) is 1.84. The molecule has 2 aromatic rings. The van der Waals surface area contributed by atoms with E-state index in [1.54, 1.807) is 0 Å². The fourth-order valence-electron chi connectivity index (χ4n) is 1.22. The van der Waals surface area contributed by atoms with Gasteiger partial charge in [0.15, 0.2) is 0 Å². The zero-order valence-corrected chi connectivity index (χ0v) is 7.93. The number of pyridine rings is 1.